The fourth-order valence-corrected chi connectivity index (χ4v) is 2.18. The smallest absolute Gasteiger partial charge is 0.222 e. The van der Waals surface area contributed by atoms with Crippen molar-refractivity contribution in [1.29, 1.82) is 0 Å². The van der Waals surface area contributed by atoms with Crippen molar-refractivity contribution < 1.29 is 14.6 Å². The van der Waals surface area contributed by atoms with E-state index >= 15 is 0 Å². The Balaban J connectivity index is 1.98. The molecule has 0 saturated carbocycles. The van der Waals surface area contributed by atoms with Crippen LogP contribution in [0.2, 0.25) is 0 Å². The molecule has 2 fully saturated rings. The van der Waals surface area contributed by atoms with Crippen LogP contribution in [0.25, 0.3) is 0 Å². The van der Waals surface area contributed by atoms with Gasteiger partial charge < -0.3 is 14.7 Å². The van der Waals surface area contributed by atoms with Crippen LogP contribution in [0.5, 0.6) is 0 Å². The van der Waals surface area contributed by atoms with Gasteiger partial charge in [-0.2, -0.15) is 0 Å². The van der Waals surface area contributed by atoms with Crippen LogP contribution in [0.15, 0.2) is 0 Å². The molecule has 2 saturated heterocycles. The average molecular weight is 199 g/mol. The quantitative estimate of drug-likeness (QED) is 0.688. The highest BCUT2D eigenvalue weighted by Gasteiger charge is 2.42. The minimum Gasteiger partial charge on any atom is -0.385 e. The number of nitrogens with zero attached hydrogens (tertiary/aromatic N) is 1. The van der Waals surface area contributed by atoms with E-state index in [-0.39, 0.29) is 12.0 Å². The van der Waals surface area contributed by atoms with Crippen molar-refractivity contribution in [3.05, 3.63) is 0 Å². The normalized spacial score (nSPS) is 38.3. The molecule has 0 aromatic carbocycles. The number of hydrogen-bond acceptors (Lipinski definition) is 3. The summed E-state index contributed by atoms with van der Waals surface area (Å²) in [5, 5.41) is 10.2. The first kappa shape index (κ1) is 9.93. The zero-order valence-corrected chi connectivity index (χ0v) is 8.53. The molecule has 2 atom stereocenters. The van der Waals surface area contributed by atoms with Gasteiger partial charge in [-0.15, -0.1) is 0 Å². The molecular weight excluding hydrogens is 182 g/mol. The molecule has 2 aliphatic heterocycles. The first-order valence-corrected chi connectivity index (χ1v) is 5.23. The molecule has 0 aromatic heterocycles. The molecule has 1 amide bonds. The second-order valence-corrected chi connectivity index (χ2v) is 4.29. The topological polar surface area (TPSA) is 49.8 Å². The molecular formula is C10H17NO3. The van der Waals surface area contributed by atoms with E-state index in [1.54, 1.807) is 4.90 Å². The Morgan fingerprint density at radius 3 is 3.00 bits per heavy atom. The van der Waals surface area contributed by atoms with Gasteiger partial charge in [0.15, 0.2) is 0 Å². The molecule has 80 valence electrons. The molecule has 0 bridgehead atoms. The highest BCUT2D eigenvalue weighted by molar-refractivity contribution is 5.78. The summed E-state index contributed by atoms with van der Waals surface area (Å²) in [6.45, 7) is 3.69. The molecule has 2 aliphatic rings. The lowest BCUT2D eigenvalue weighted by Crippen LogP contribution is -2.48. The van der Waals surface area contributed by atoms with Gasteiger partial charge >= 0.3 is 0 Å². The molecule has 0 aromatic rings. The van der Waals surface area contributed by atoms with Crippen LogP contribution in [-0.2, 0) is 9.53 Å². The molecule has 4 nitrogen and oxygen atoms in total. The van der Waals surface area contributed by atoms with Crippen molar-refractivity contribution in [3.63, 3.8) is 0 Å². The number of carbonyl (C=O) groups excluding carboxylic acids is 1. The zero-order valence-electron chi connectivity index (χ0n) is 8.53. The summed E-state index contributed by atoms with van der Waals surface area (Å²) < 4.78 is 5.33. The number of rotatable bonds is 2. The lowest BCUT2D eigenvalue weighted by atomic mass is 9.96. The number of ether oxygens (including phenoxy) is 1. The van der Waals surface area contributed by atoms with Gasteiger partial charge in [-0.3, -0.25) is 4.79 Å². The number of aliphatic hydroxyl groups is 1. The summed E-state index contributed by atoms with van der Waals surface area (Å²) in [5.74, 6) is 0.164. The maximum atomic E-state index is 11.4. The Morgan fingerprint density at radius 2 is 2.50 bits per heavy atom. The van der Waals surface area contributed by atoms with Crippen LogP contribution in [0.1, 0.15) is 26.2 Å². The van der Waals surface area contributed by atoms with Gasteiger partial charge in [0.2, 0.25) is 5.91 Å². The summed E-state index contributed by atoms with van der Waals surface area (Å²) in [5.41, 5.74) is -0.819. The first-order chi connectivity index (χ1) is 6.62. The number of carbonyl (C=O) groups is 1. The van der Waals surface area contributed by atoms with Gasteiger partial charge in [-0.05, 0) is 13.3 Å². The van der Waals surface area contributed by atoms with E-state index in [0.29, 0.717) is 26.0 Å². The van der Waals surface area contributed by atoms with Gasteiger partial charge in [-0.25, -0.2) is 0 Å². The number of hydrogen-bond donors (Lipinski definition) is 1. The van der Waals surface area contributed by atoms with Crippen molar-refractivity contribution in [2.75, 3.05) is 19.7 Å². The Bertz CT molecular complexity index is 244. The van der Waals surface area contributed by atoms with Crippen molar-refractivity contribution in [2.24, 2.45) is 0 Å². The predicted octanol–water partition coefficient (Wildman–Crippen LogP) is 0.149. The standard InChI is InChI=1S/C10H17NO3/c1-8-10(13,4-6-14-8)7-11-5-2-3-9(11)12/h8,13H,2-7H2,1H3. The number of β-amino-alcohol motifs (C(OH)–C–C–N with tert-alkyl or cyclic N) is 1. The van der Waals surface area contributed by atoms with Crippen molar-refractivity contribution in [2.45, 2.75) is 37.9 Å². The van der Waals surface area contributed by atoms with Crippen LogP contribution < -0.4 is 0 Å². The van der Waals surface area contributed by atoms with Gasteiger partial charge in [-0.1, -0.05) is 0 Å². The largest absolute Gasteiger partial charge is 0.385 e. The minimum atomic E-state index is -0.819. The third-order valence-electron chi connectivity index (χ3n) is 3.30. The molecule has 2 unspecified atom stereocenters. The van der Waals surface area contributed by atoms with Gasteiger partial charge in [0.25, 0.3) is 0 Å². The summed E-state index contributed by atoms with van der Waals surface area (Å²) in [6.07, 6.45) is 2.03. The Labute approximate surface area is 83.8 Å². The summed E-state index contributed by atoms with van der Waals surface area (Å²) in [4.78, 5) is 13.1. The van der Waals surface area contributed by atoms with Crippen LogP contribution in [-0.4, -0.2) is 47.3 Å². The second-order valence-electron chi connectivity index (χ2n) is 4.29. The molecule has 0 spiro atoms. The van der Waals surface area contributed by atoms with Crippen LogP contribution >= 0.6 is 0 Å². The van der Waals surface area contributed by atoms with Crippen molar-refractivity contribution in [1.82, 2.24) is 4.90 Å². The maximum absolute atomic E-state index is 11.4. The fraction of sp³-hybridized carbons (Fsp3) is 0.900. The Morgan fingerprint density at radius 1 is 1.71 bits per heavy atom. The fourth-order valence-electron chi connectivity index (χ4n) is 2.18. The highest BCUT2D eigenvalue weighted by Crippen LogP contribution is 2.28. The highest BCUT2D eigenvalue weighted by atomic mass is 16.5. The SMILES string of the molecule is CC1OCCC1(O)CN1CCCC1=O. The summed E-state index contributed by atoms with van der Waals surface area (Å²) >= 11 is 0. The van der Waals surface area contributed by atoms with Crippen LogP contribution in [0.4, 0.5) is 0 Å². The van der Waals surface area contributed by atoms with E-state index < -0.39 is 5.60 Å². The summed E-state index contributed by atoms with van der Waals surface area (Å²) in [6, 6.07) is 0. The molecule has 4 heteroatoms. The Kier molecular flexibility index (Phi) is 2.49. The third kappa shape index (κ3) is 1.64. The molecule has 14 heavy (non-hydrogen) atoms. The predicted molar refractivity (Wildman–Crippen MR) is 50.8 cm³/mol. The monoisotopic (exact) mass is 199 g/mol. The second kappa shape index (κ2) is 3.51. The van der Waals surface area contributed by atoms with Gasteiger partial charge in [0.1, 0.15) is 5.60 Å². The van der Waals surface area contributed by atoms with Crippen molar-refractivity contribution >= 4 is 5.91 Å². The van der Waals surface area contributed by atoms with E-state index in [0.717, 1.165) is 13.0 Å². The van der Waals surface area contributed by atoms with E-state index in [1.165, 1.54) is 0 Å². The lowest BCUT2D eigenvalue weighted by molar-refractivity contribution is -0.132. The van der Waals surface area contributed by atoms with E-state index in [4.69, 9.17) is 4.74 Å². The molecule has 2 heterocycles. The zero-order chi connectivity index (χ0) is 10.2. The third-order valence-corrected chi connectivity index (χ3v) is 3.30. The molecule has 2 rings (SSSR count). The average Bonchev–Trinajstić information content (AvgIpc) is 2.64. The summed E-state index contributed by atoms with van der Waals surface area (Å²) in [7, 11) is 0. The molecule has 0 radical (unpaired) electrons. The first-order valence-electron chi connectivity index (χ1n) is 5.23. The van der Waals surface area contributed by atoms with Crippen LogP contribution in [0.3, 0.4) is 0 Å². The maximum Gasteiger partial charge on any atom is 0.222 e. The van der Waals surface area contributed by atoms with Gasteiger partial charge in [0, 0.05) is 26.0 Å². The van der Waals surface area contributed by atoms with E-state index in [1.807, 2.05) is 6.92 Å². The van der Waals surface area contributed by atoms with E-state index in [9.17, 15) is 9.90 Å². The van der Waals surface area contributed by atoms with Gasteiger partial charge in [0.05, 0.1) is 12.6 Å². The van der Waals surface area contributed by atoms with Crippen molar-refractivity contribution in [3.8, 4) is 0 Å². The number of likely N-dealkylation sites (tertiary alicyclic amines) is 1. The molecule has 0 aliphatic carbocycles. The minimum absolute atomic E-state index is 0.157. The van der Waals surface area contributed by atoms with Crippen LogP contribution in [0, 0.1) is 0 Å². The number of amides is 1. The lowest BCUT2D eigenvalue weighted by Gasteiger charge is -2.30. The molecule has 1 N–H and O–H groups in total. The Hall–Kier alpha value is -0.610. The van der Waals surface area contributed by atoms with E-state index in [2.05, 4.69) is 0 Å².